The van der Waals surface area contributed by atoms with Crippen molar-refractivity contribution < 1.29 is 4.74 Å². The van der Waals surface area contributed by atoms with Crippen LogP contribution in [-0.4, -0.2) is 42.3 Å². The number of nitrogens with one attached hydrogen (secondary N) is 2. The predicted octanol–water partition coefficient (Wildman–Crippen LogP) is 1.07. The van der Waals surface area contributed by atoms with Crippen LogP contribution in [0.15, 0.2) is 12.4 Å². The summed E-state index contributed by atoms with van der Waals surface area (Å²) in [5.41, 5.74) is 5.49. The molecule has 0 radical (unpaired) electrons. The number of ether oxygens (including phenoxy) is 1. The van der Waals surface area contributed by atoms with Crippen LogP contribution in [0.4, 0.5) is 11.6 Å². The molecule has 1 rings (SSSR count). The van der Waals surface area contributed by atoms with Crippen molar-refractivity contribution in [1.29, 1.82) is 0 Å². The SMILES string of the molecule is COCCCNc1cc(NC(C)(C)CN)ncn1. The second kappa shape index (κ2) is 7.13. The zero-order valence-electron chi connectivity index (χ0n) is 11.4. The number of nitrogens with zero attached hydrogens (tertiary/aromatic N) is 2. The highest BCUT2D eigenvalue weighted by Gasteiger charge is 2.15. The molecule has 0 aliphatic rings. The van der Waals surface area contributed by atoms with Gasteiger partial charge in [0.05, 0.1) is 0 Å². The molecule has 6 nitrogen and oxygen atoms in total. The summed E-state index contributed by atoms with van der Waals surface area (Å²) in [4.78, 5) is 8.33. The lowest BCUT2D eigenvalue weighted by atomic mass is 10.1. The molecule has 6 heteroatoms. The number of methoxy groups -OCH3 is 1. The van der Waals surface area contributed by atoms with Gasteiger partial charge in [-0.1, -0.05) is 0 Å². The third-order valence-electron chi connectivity index (χ3n) is 2.48. The average Bonchev–Trinajstić information content (AvgIpc) is 2.35. The number of nitrogens with two attached hydrogens (primary N) is 1. The highest BCUT2D eigenvalue weighted by Crippen LogP contribution is 2.13. The molecule has 0 spiro atoms. The van der Waals surface area contributed by atoms with Gasteiger partial charge in [0.1, 0.15) is 18.0 Å². The van der Waals surface area contributed by atoms with E-state index >= 15 is 0 Å². The number of anilines is 2. The Hall–Kier alpha value is -1.40. The molecule has 0 aliphatic heterocycles. The molecule has 0 amide bonds. The smallest absolute Gasteiger partial charge is 0.131 e. The highest BCUT2D eigenvalue weighted by molar-refractivity contribution is 5.47. The van der Waals surface area contributed by atoms with Gasteiger partial charge in [-0.25, -0.2) is 9.97 Å². The molecule has 0 fully saturated rings. The maximum atomic E-state index is 5.67. The second-order valence-electron chi connectivity index (χ2n) is 4.77. The van der Waals surface area contributed by atoms with E-state index in [-0.39, 0.29) is 5.54 Å². The van der Waals surface area contributed by atoms with Crippen molar-refractivity contribution in [2.24, 2.45) is 5.73 Å². The van der Waals surface area contributed by atoms with E-state index in [2.05, 4.69) is 20.6 Å². The molecule has 0 aromatic carbocycles. The Labute approximate surface area is 108 Å². The van der Waals surface area contributed by atoms with Crippen LogP contribution in [0.1, 0.15) is 20.3 Å². The lowest BCUT2D eigenvalue weighted by molar-refractivity contribution is 0.198. The van der Waals surface area contributed by atoms with E-state index in [1.165, 1.54) is 6.33 Å². The van der Waals surface area contributed by atoms with Crippen LogP contribution >= 0.6 is 0 Å². The van der Waals surface area contributed by atoms with Crippen LogP contribution in [0.25, 0.3) is 0 Å². The summed E-state index contributed by atoms with van der Waals surface area (Å²) < 4.78 is 4.98. The quantitative estimate of drug-likeness (QED) is 0.601. The first-order valence-electron chi connectivity index (χ1n) is 6.10. The topological polar surface area (TPSA) is 85.1 Å². The molecule has 18 heavy (non-hydrogen) atoms. The largest absolute Gasteiger partial charge is 0.385 e. The van der Waals surface area contributed by atoms with E-state index in [0.29, 0.717) is 6.54 Å². The summed E-state index contributed by atoms with van der Waals surface area (Å²) in [6.45, 7) is 6.16. The van der Waals surface area contributed by atoms with Crippen LogP contribution < -0.4 is 16.4 Å². The molecule has 0 saturated carbocycles. The number of aromatic nitrogens is 2. The van der Waals surface area contributed by atoms with Crippen LogP contribution in [-0.2, 0) is 4.74 Å². The molecule has 102 valence electrons. The molecule has 4 N–H and O–H groups in total. The Morgan fingerprint density at radius 1 is 1.33 bits per heavy atom. The summed E-state index contributed by atoms with van der Waals surface area (Å²) in [5, 5.41) is 6.49. The first kappa shape index (κ1) is 14.7. The Balaban J connectivity index is 2.51. The van der Waals surface area contributed by atoms with Gasteiger partial charge < -0.3 is 21.1 Å². The maximum absolute atomic E-state index is 5.67. The van der Waals surface area contributed by atoms with E-state index in [1.807, 2.05) is 19.9 Å². The fraction of sp³-hybridized carbons (Fsp3) is 0.667. The Bertz CT molecular complexity index is 356. The minimum Gasteiger partial charge on any atom is -0.385 e. The second-order valence-corrected chi connectivity index (χ2v) is 4.77. The van der Waals surface area contributed by atoms with Crippen molar-refractivity contribution in [2.75, 3.05) is 37.4 Å². The molecule has 1 aromatic heterocycles. The summed E-state index contributed by atoms with van der Waals surface area (Å²) in [6, 6.07) is 1.88. The van der Waals surface area contributed by atoms with Gasteiger partial charge in [0.2, 0.25) is 0 Å². The molecular weight excluding hydrogens is 230 g/mol. The summed E-state index contributed by atoms with van der Waals surface area (Å²) >= 11 is 0. The van der Waals surface area contributed by atoms with Gasteiger partial charge in [0, 0.05) is 38.4 Å². The molecule has 0 unspecified atom stereocenters. The minimum atomic E-state index is -0.179. The van der Waals surface area contributed by atoms with Gasteiger partial charge in [0.25, 0.3) is 0 Å². The molecular formula is C12H23N5O. The van der Waals surface area contributed by atoms with E-state index < -0.39 is 0 Å². The van der Waals surface area contributed by atoms with E-state index in [9.17, 15) is 0 Å². The first-order valence-corrected chi connectivity index (χ1v) is 6.10. The van der Waals surface area contributed by atoms with Crippen molar-refractivity contribution >= 4 is 11.6 Å². The standard InChI is InChI=1S/C12H23N5O/c1-12(2,8-13)17-11-7-10(15-9-16-11)14-5-4-6-18-3/h7,9H,4-6,8,13H2,1-3H3,(H2,14,15,16,17). The average molecular weight is 253 g/mol. The van der Waals surface area contributed by atoms with E-state index in [0.717, 1.165) is 31.2 Å². The van der Waals surface area contributed by atoms with Crippen LogP contribution in [0, 0.1) is 0 Å². The summed E-state index contributed by atoms with van der Waals surface area (Å²) in [6.07, 6.45) is 2.48. The Morgan fingerprint density at radius 3 is 2.72 bits per heavy atom. The van der Waals surface area contributed by atoms with E-state index in [4.69, 9.17) is 10.5 Å². The van der Waals surface area contributed by atoms with Gasteiger partial charge in [0.15, 0.2) is 0 Å². The van der Waals surface area contributed by atoms with Crippen LogP contribution in [0.2, 0.25) is 0 Å². The van der Waals surface area contributed by atoms with E-state index in [1.54, 1.807) is 7.11 Å². The van der Waals surface area contributed by atoms with Crippen LogP contribution in [0.5, 0.6) is 0 Å². The molecule has 1 aromatic rings. The molecule has 0 aliphatic carbocycles. The molecule has 0 saturated heterocycles. The monoisotopic (exact) mass is 253 g/mol. The van der Waals surface area contributed by atoms with Crippen LogP contribution in [0.3, 0.4) is 0 Å². The minimum absolute atomic E-state index is 0.179. The predicted molar refractivity (Wildman–Crippen MR) is 73.8 cm³/mol. The van der Waals surface area contributed by atoms with Gasteiger partial charge in [-0.15, -0.1) is 0 Å². The molecule has 0 bridgehead atoms. The zero-order valence-corrected chi connectivity index (χ0v) is 11.4. The zero-order chi connectivity index (χ0) is 13.4. The Kier molecular flexibility index (Phi) is 5.80. The van der Waals surface area contributed by atoms with Crippen molar-refractivity contribution in [3.8, 4) is 0 Å². The first-order chi connectivity index (χ1) is 8.57. The summed E-state index contributed by atoms with van der Waals surface area (Å²) in [7, 11) is 1.70. The van der Waals surface area contributed by atoms with Crippen molar-refractivity contribution in [3.05, 3.63) is 12.4 Å². The highest BCUT2D eigenvalue weighted by atomic mass is 16.5. The van der Waals surface area contributed by atoms with Crippen molar-refractivity contribution in [1.82, 2.24) is 9.97 Å². The number of hydrogen-bond donors (Lipinski definition) is 3. The summed E-state index contributed by atoms with van der Waals surface area (Å²) in [5.74, 6) is 1.58. The van der Waals surface area contributed by atoms with Gasteiger partial charge in [-0.2, -0.15) is 0 Å². The normalized spacial score (nSPS) is 11.3. The van der Waals surface area contributed by atoms with Gasteiger partial charge in [-0.05, 0) is 20.3 Å². The molecule has 0 atom stereocenters. The van der Waals surface area contributed by atoms with Gasteiger partial charge >= 0.3 is 0 Å². The van der Waals surface area contributed by atoms with Crippen molar-refractivity contribution in [2.45, 2.75) is 25.8 Å². The Morgan fingerprint density at radius 2 is 2.06 bits per heavy atom. The third-order valence-corrected chi connectivity index (χ3v) is 2.48. The maximum Gasteiger partial charge on any atom is 0.131 e. The fourth-order valence-electron chi connectivity index (χ4n) is 1.35. The third kappa shape index (κ3) is 5.29. The number of hydrogen-bond acceptors (Lipinski definition) is 6. The van der Waals surface area contributed by atoms with Gasteiger partial charge in [-0.3, -0.25) is 0 Å². The fourth-order valence-corrected chi connectivity index (χ4v) is 1.35. The number of rotatable bonds is 8. The van der Waals surface area contributed by atoms with Crippen molar-refractivity contribution in [3.63, 3.8) is 0 Å². The lowest BCUT2D eigenvalue weighted by Crippen LogP contribution is -2.39. The lowest BCUT2D eigenvalue weighted by Gasteiger charge is -2.24. The molecule has 1 heterocycles.